The van der Waals surface area contributed by atoms with Crippen molar-refractivity contribution in [1.82, 2.24) is 9.97 Å². The molecule has 1 heterocycles. The van der Waals surface area contributed by atoms with Crippen molar-refractivity contribution in [3.8, 4) is 11.3 Å². The summed E-state index contributed by atoms with van der Waals surface area (Å²) in [6, 6.07) is 10.0. The van der Waals surface area contributed by atoms with Gasteiger partial charge >= 0.3 is 0 Å². The van der Waals surface area contributed by atoms with Gasteiger partial charge in [0.2, 0.25) is 0 Å². The van der Waals surface area contributed by atoms with Gasteiger partial charge in [-0.05, 0) is 12.5 Å². The number of halogens is 1. The zero-order chi connectivity index (χ0) is 9.97. The van der Waals surface area contributed by atoms with Gasteiger partial charge in [0.15, 0.2) is 0 Å². The van der Waals surface area contributed by atoms with Gasteiger partial charge in [0.05, 0.1) is 17.9 Å². The van der Waals surface area contributed by atoms with Gasteiger partial charge in [-0.15, -0.1) is 12.4 Å². The molecule has 3 N–H and O–H groups in total. The van der Waals surface area contributed by atoms with Crippen LogP contribution in [0.15, 0.2) is 36.5 Å². The summed E-state index contributed by atoms with van der Waals surface area (Å²) in [5, 5.41) is 0. The smallest absolute Gasteiger partial charge is 0.123 e. The molecule has 0 saturated carbocycles. The second-order valence-corrected chi connectivity index (χ2v) is 3.34. The van der Waals surface area contributed by atoms with Crippen molar-refractivity contribution in [1.29, 1.82) is 0 Å². The molecule has 1 aromatic heterocycles. The quantitative estimate of drug-likeness (QED) is 0.822. The van der Waals surface area contributed by atoms with Crippen LogP contribution < -0.4 is 5.73 Å². The second-order valence-electron chi connectivity index (χ2n) is 3.34. The highest BCUT2D eigenvalue weighted by Crippen LogP contribution is 2.17. The molecule has 0 aliphatic heterocycles. The molecule has 0 aliphatic rings. The van der Waals surface area contributed by atoms with E-state index in [2.05, 4.69) is 9.97 Å². The number of nitrogens with one attached hydrogen (secondary N) is 1. The molecule has 0 aliphatic carbocycles. The minimum absolute atomic E-state index is 0. The number of imidazole rings is 1. The number of nitrogens with zero attached hydrogens (tertiary/aromatic N) is 1. The summed E-state index contributed by atoms with van der Waals surface area (Å²) in [7, 11) is 0. The fraction of sp³-hybridized carbons (Fsp3) is 0.182. The van der Waals surface area contributed by atoms with Crippen molar-refractivity contribution in [2.75, 3.05) is 0 Å². The summed E-state index contributed by atoms with van der Waals surface area (Å²) >= 11 is 0. The third kappa shape index (κ3) is 2.58. The minimum Gasteiger partial charge on any atom is -0.341 e. The minimum atomic E-state index is -0.0486. The number of hydrogen-bond acceptors (Lipinski definition) is 2. The highest BCUT2D eigenvalue weighted by molar-refractivity contribution is 5.85. The molecule has 1 unspecified atom stereocenters. The monoisotopic (exact) mass is 223 g/mol. The van der Waals surface area contributed by atoms with E-state index in [1.807, 2.05) is 43.5 Å². The lowest BCUT2D eigenvalue weighted by Crippen LogP contribution is -2.06. The van der Waals surface area contributed by atoms with Gasteiger partial charge < -0.3 is 10.7 Å². The lowest BCUT2D eigenvalue weighted by molar-refractivity contribution is 0.756. The van der Waals surface area contributed by atoms with Crippen LogP contribution in [-0.2, 0) is 0 Å². The molecule has 0 saturated heterocycles. The van der Waals surface area contributed by atoms with E-state index in [4.69, 9.17) is 5.73 Å². The first-order valence-electron chi connectivity index (χ1n) is 4.63. The first-order valence-corrected chi connectivity index (χ1v) is 4.63. The molecule has 2 aromatic rings. The topological polar surface area (TPSA) is 54.7 Å². The van der Waals surface area contributed by atoms with E-state index >= 15 is 0 Å². The Morgan fingerprint density at radius 2 is 1.93 bits per heavy atom. The van der Waals surface area contributed by atoms with Crippen LogP contribution in [0.1, 0.15) is 18.8 Å². The van der Waals surface area contributed by atoms with Crippen molar-refractivity contribution >= 4 is 12.4 Å². The Morgan fingerprint density at radius 3 is 2.47 bits per heavy atom. The average molecular weight is 224 g/mol. The van der Waals surface area contributed by atoms with Crippen molar-refractivity contribution in [2.45, 2.75) is 13.0 Å². The van der Waals surface area contributed by atoms with Gasteiger partial charge in [-0.1, -0.05) is 30.3 Å². The molecule has 0 bridgehead atoms. The van der Waals surface area contributed by atoms with Crippen LogP contribution in [0.5, 0.6) is 0 Å². The van der Waals surface area contributed by atoms with Crippen LogP contribution in [0.2, 0.25) is 0 Å². The lowest BCUT2D eigenvalue weighted by Gasteiger charge is -1.99. The molecular weight excluding hydrogens is 210 g/mol. The molecule has 3 nitrogen and oxygen atoms in total. The number of hydrogen-bond donors (Lipinski definition) is 2. The Morgan fingerprint density at radius 1 is 1.27 bits per heavy atom. The standard InChI is InChI=1S/C11H13N3.ClH/c1-8(12)11-13-7-10(14-11)9-5-3-2-4-6-9;/h2-8H,12H2,1H3,(H,13,14);1H. The summed E-state index contributed by atoms with van der Waals surface area (Å²) in [4.78, 5) is 7.40. The number of benzene rings is 1. The highest BCUT2D eigenvalue weighted by Gasteiger charge is 2.05. The van der Waals surface area contributed by atoms with Crippen LogP contribution in [-0.4, -0.2) is 9.97 Å². The van der Waals surface area contributed by atoms with E-state index in [9.17, 15) is 0 Å². The van der Waals surface area contributed by atoms with Gasteiger partial charge in [-0.25, -0.2) is 4.98 Å². The van der Waals surface area contributed by atoms with Gasteiger partial charge in [-0.2, -0.15) is 0 Å². The fourth-order valence-corrected chi connectivity index (χ4v) is 1.33. The van der Waals surface area contributed by atoms with Gasteiger partial charge in [0.25, 0.3) is 0 Å². The first-order chi connectivity index (χ1) is 6.77. The predicted molar refractivity (Wildman–Crippen MR) is 63.9 cm³/mol. The highest BCUT2D eigenvalue weighted by atomic mass is 35.5. The first kappa shape index (κ1) is 11.8. The maximum absolute atomic E-state index is 5.71. The Balaban J connectivity index is 0.00000112. The van der Waals surface area contributed by atoms with E-state index in [0.29, 0.717) is 0 Å². The van der Waals surface area contributed by atoms with Crippen LogP contribution in [0.3, 0.4) is 0 Å². The average Bonchev–Trinajstić information content (AvgIpc) is 2.68. The van der Waals surface area contributed by atoms with E-state index in [1.165, 1.54) is 0 Å². The number of aromatic amines is 1. The Hall–Kier alpha value is -1.32. The molecule has 0 spiro atoms. The van der Waals surface area contributed by atoms with Gasteiger partial charge in [-0.3, -0.25) is 0 Å². The van der Waals surface area contributed by atoms with Crippen LogP contribution >= 0.6 is 12.4 Å². The third-order valence-electron chi connectivity index (χ3n) is 2.11. The fourth-order valence-electron chi connectivity index (χ4n) is 1.33. The van der Waals surface area contributed by atoms with Crippen molar-refractivity contribution in [3.05, 3.63) is 42.4 Å². The van der Waals surface area contributed by atoms with E-state index in [-0.39, 0.29) is 18.4 Å². The van der Waals surface area contributed by atoms with E-state index < -0.39 is 0 Å². The number of nitrogens with two attached hydrogens (primary N) is 1. The van der Waals surface area contributed by atoms with E-state index in [0.717, 1.165) is 17.1 Å². The largest absolute Gasteiger partial charge is 0.341 e. The molecule has 80 valence electrons. The summed E-state index contributed by atoms with van der Waals surface area (Å²) in [6.45, 7) is 1.91. The molecule has 4 heteroatoms. The molecule has 1 aromatic carbocycles. The van der Waals surface area contributed by atoms with Crippen LogP contribution in [0.4, 0.5) is 0 Å². The van der Waals surface area contributed by atoms with Crippen LogP contribution in [0.25, 0.3) is 11.3 Å². The molecule has 0 fully saturated rings. The molecule has 2 rings (SSSR count). The third-order valence-corrected chi connectivity index (χ3v) is 2.11. The lowest BCUT2D eigenvalue weighted by atomic mass is 10.2. The second kappa shape index (κ2) is 4.96. The molecule has 1 atom stereocenters. The zero-order valence-electron chi connectivity index (χ0n) is 8.47. The van der Waals surface area contributed by atoms with Gasteiger partial charge in [0, 0.05) is 0 Å². The summed E-state index contributed by atoms with van der Waals surface area (Å²) in [5.74, 6) is 0.823. The predicted octanol–water partition coefficient (Wildman–Crippen LogP) is 2.52. The SMILES string of the molecule is CC(N)c1ncc(-c2ccccc2)[nH]1.Cl. The number of rotatable bonds is 2. The Bertz CT molecular complexity index is 409. The summed E-state index contributed by atoms with van der Waals surface area (Å²) < 4.78 is 0. The maximum atomic E-state index is 5.71. The molecule has 15 heavy (non-hydrogen) atoms. The van der Waals surface area contributed by atoms with Crippen molar-refractivity contribution < 1.29 is 0 Å². The Kier molecular flexibility index (Phi) is 3.88. The van der Waals surface area contributed by atoms with E-state index in [1.54, 1.807) is 0 Å². The number of aromatic nitrogens is 2. The molecular formula is C11H14ClN3. The zero-order valence-corrected chi connectivity index (χ0v) is 9.29. The summed E-state index contributed by atoms with van der Waals surface area (Å²) in [6.07, 6.45) is 1.81. The van der Waals surface area contributed by atoms with Crippen molar-refractivity contribution in [3.63, 3.8) is 0 Å². The van der Waals surface area contributed by atoms with Crippen molar-refractivity contribution in [2.24, 2.45) is 5.73 Å². The summed E-state index contributed by atoms with van der Waals surface area (Å²) in [5.41, 5.74) is 7.85. The number of H-pyrrole nitrogens is 1. The molecule has 0 amide bonds. The molecule has 0 radical (unpaired) electrons. The van der Waals surface area contributed by atoms with Crippen LogP contribution in [0, 0.1) is 0 Å². The maximum Gasteiger partial charge on any atom is 0.123 e. The van der Waals surface area contributed by atoms with Gasteiger partial charge in [0.1, 0.15) is 5.82 Å². The Labute approximate surface area is 95.1 Å². The normalized spacial score (nSPS) is 11.9.